The zero-order valence-electron chi connectivity index (χ0n) is 25.8. The zero-order valence-corrected chi connectivity index (χ0v) is 25.8. The Morgan fingerprint density at radius 3 is 1.79 bits per heavy atom. The Morgan fingerprint density at radius 1 is 0.651 bits per heavy atom. The van der Waals surface area contributed by atoms with Gasteiger partial charge in [0, 0.05) is 11.1 Å². The molecule has 0 heterocycles. The van der Waals surface area contributed by atoms with Crippen molar-refractivity contribution < 1.29 is 17.6 Å². The SMILES string of the molecule is CC=CCCc1ccc(-c2ccc(-c3ccc(C4CCC(C5CCC(CCCC)CC5)CC4)c(F)c3F)cc2)c(F)c1F. The van der Waals surface area contributed by atoms with E-state index < -0.39 is 23.3 Å². The second kappa shape index (κ2) is 14.7. The maximum absolute atomic E-state index is 15.4. The molecule has 2 aliphatic rings. The van der Waals surface area contributed by atoms with Gasteiger partial charge in [-0.1, -0.05) is 99.7 Å². The number of rotatable bonds is 10. The van der Waals surface area contributed by atoms with E-state index in [1.165, 1.54) is 44.9 Å². The Balaban J connectivity index is 1.22. The van der Waals surface area contributed by atoms with Crippen LogP contribution in [0.25, 0.3) is 22.3 Å². The highest BCUT2D eigenvalue weighted by molar-refractivity contribution is 5.71. The Kier molecular flexibility index (Phi) is 10.8. The lowest BCUT2D eigenvalue weighted by Crippen LogP contribution is -2.25. The highest BCUT2D eigenvalue weighted by Crippen LogP contribution is 2.45. The zero-order chi connectivity index (χ0) is 30.3. The van der Waals surface area contributed by atoms with Crippen LogP contribution in [0.3, 0.4) is 0 Å². The summed E-state index contributed by atoms with van der Waals surface area (Å²) in [6.45, 7) is 4.16. The molecule has 0 amide bonds. The Labute approximate surface area is 255 Å². The average molecular weight is 591 g/mol. The number of allylic oxidation sites excluding steroid dienone is 2. The van der Waals surface area contributed by atoms with Gasteiger partial charge >= 0.3 is 0 Å². The number of aryl methyl sites for hydroxylation is 1. The van der Waals surface area contributed by atoms with Crippen molar-refractivity contribution in [3.8, 4) is 22.3 Å². The van der Waals surface area contributed by atoms with Crippen LogP contribution >= 0.6 is 0 Å². The van der Waals surface area contributed by atoms with Crippen molar-refractivity contribution in [2.75, 3.05) is 0 Å². The van der Waals surface area contributed by atoms with Crippen LogP contribution in [-0.2, 0) is 6.42 Å². The Hall–Kier alpha value is -2.88. The summed E-state index contributed by atoms with van der Waals surface area (Å²) in [6, 6.07) is 13.2. The summed E-state index contributed by atoms with van der Waals surface area (Å²) in [5.41, 5.74) is 2.17. The van der Waals surface area contributed by atoms with Crippen LogP contribution in [0.5, 0.6) is 0 Å². The summed E-state index contributed by atoms with van der Waals surface area (Å²) in [5, 5.41) is 0. The highest BCUT2D eigenvalue weighted by atomic mass is 19.2. The summed E-state index contributed by atoms with van der Waals surface area (Å²) in [5.74, 6) is -0.808. The lowest BCUT2D eigenvalue weighted by atomic mass is 9.68. The van der Waals surface area contributed by atoms with E-state index in [0.29, 0.717) is 35.1 Å². The van der Waals surface area contributed by atoms with Crippen LogP contribution in [0.1, 0.15) is 108 Å². The predicted molar refractivity (Wildman–Crippen MR) is 170 cm³/mol. The molecule has 0 bridgehead atoms. The second-order valence-electron chi connectivity index (χ2n) is 13.0. The summed E-state index contributed by atoms with van der Waals surface area (Å²) in [7, 11) is 0. The molecule has 43 heavy (non-hydrogen) atoms. The molecular formula is C39H46F4. The van der Waals surface area contributed by atoms with Gasteiger partial charge in [-0.05, 0) is 104 Å². The number of hydrogen-bond acceptors (Lipinski definition) is 0. The molecule has 2 fully saturated rings. The van der Waals surface area contributed by atoms with Crippen molar-refractivity contribution in [1.82, 2.24) is 0 Å². The first kappa shape index (κ1) is 31.5. The molecule has 2 saturated carbocycles. The fraction of sp³-hybridized carbons (Fsp3) is 0.487. The summed E-state index contributed by atoms with van der Waals surface area (Å²) >= 11 is 0. The molecule has 0 unspecified atom stereocenters. The molecule has 230 valence electrons. The van der Waals surface area contributed by atoms with Gasteiger partial charge in [0.2, 0.25) is 0 Å². The minimum atomic E-state index is -0.887. The minimum Gasteiger partial charge on any atom is -0.203 e. The van der Waals surface area contributed by atoms with E-state index in [2.05, 4.69) is 6.92 Å². The van der Waals surface area contributed by atoms with Crippen molar-refractivity contribution >= 4 is 0 Å². The molecule has 0 atom stereocenters. The molecule has 3 aromatic carbocycles. The third-order valence-corrected chi connectivity index (χ3v) is 10.3. The van der Waals surface area contributed by atoms with Gasteiger partial charge in [-0.25, -0.2) is 17.6 Å². The highest BCUT2D eigenvalue weighted by Gasteiger charge is 2.32. The molecule has 4 heteroatoms. The lowest BCUT2D eigenvalue weighted by Gasteiger charge is -2.38. The number of hydrogen-bond donors (Lipinski definition) is 0. The first-order valence-corrected chi connectivity index (χ1v) is 16.6. The van der Waals surface area contributed by atoms with Gasteiger partial charge in [0.15, 0.2) is 23.3 Å². The van der Waals surface area contributed by atoms with Gasteiger partial charge in [0.25, 0.3) is 0 Å². The molecule has 0 aromatic heterocycles. The summed E-state index contributed by atoms with van der Waals surface area (Å²) in [4.78, 5) is 0. The third kappa shape index (κ3) is 7.27. The van der Waals surface area contributed by atoms with E-state index in [4.69, 9.17) is 0 Å². The number of unbranched alkanes of at least 4 members (excludes halogenated alkanes) is 1. The van der Waals surface area contributed by atoms with Crippen LogP contribution in [0.15, 0.2) is 60.7 Å². The van der Waals surface area contributed by atoms with Crippen LogP contribution in [0.4, 0.5) is 17.6 Å². The third-order valence-electron chi connectivity index (χ3n) is 10.3. The van der Waals surface area contributed by atoms with Crippen LogP contribution in [-0.4, -0.2) is 0 Å². The van der Waals surface area contributed by atoms with Gasteiger partial charge in [0.05, 0.1) is 0 Å². The maximum Gasteiger partial charge on any atom is 0.166 e. The molecule has 0 N–H and O–H groups in total. The molecule has 0 spiro atoms. The monoisotopic (exact) mass is 590 g/mol. The van der Waals surface area contributed by atoms with Crippen LogP contribution in [0.2, 0.25) is 0 Å². The maximum atomic E-state index is 15.4. The molecule has 0 aliphatic heterocycles. The van der Waals surface area contributed by atoms with Gasteiger partial charge in [-0.3, -0.25) is 0 Å². The smallest absolute Gasteiger partial charge is 0.166 e. The van der Waals surface area contributed by atoms with E-state index in [9.17, 15) is 8.78 Å². The molecule has 0 nitrogen and oxygen atoms in total. The van der Waals surface area contributed by atoms with E-state index in [1.54, 1.807) is 48.5 Å². The fourth-order valence-electron chi connectivity index (χ4n) is 7.69. The van der Waals surface area contributed by atoms with Gasteiger partial charge in [0.1, 0.15) is 0 Å². The van der Waals surface area contributed by atoms with Gasteiger partial charge in [-0.2, -0.15) is 0 Å². The second-order valence-corrected chi connectivity index (χ2v) is 13.0. The van der Waals surface area contributed by atoms with Crippen molar-refractivity contribution in [2.24, 2.45) is 17.8 Å². The molecule has 5 rings (SSSR count). The Bertz CT molecular complexity index is 1370. The quantitative estimate of drug-likeness (QED) is 0.163. The van der Waals surface area contributed by atoms with Crippen LogP contribution in [0, 0.1) is 41.0 Å². The Morgan fingerprint density at radius 2 is 1.21 bits per heavy atom. The van der Waals surface area contributed by atoms with E-state index >= 15 is 8.78 Å². The topological polar surface area (TPSA) is 0 Å². The van der Waals surface area contributed by atoms with Crippen LogP contribution < -0.4 is 0 Å². The average Bonchev–Trinajstić information content (AvgIpc) is 3.04. The largest absolute Gasteiger partial charge is 0.203 e. The molecule has 0 radical (unpaired) electrons. The van der Waals surface area contributed by atoms with Crippen molar-refractivity contribution in [3.05, 3.63) is 95.1 Å². The standard InChI is InChI=1S/C39H46F4/c1-3-5-7-9-32-22-23-33(37(41)36(32)40)30-18-20-31(21-19-30)35-25-24-34(38(42)39(35)43)29-16-14-28(15-17-29)27-12-10-26(11-13-27)8-6-4-2/h3,5,18-29H,4,6-17H2,1-2H3. The number of benzene rings is 3. The van der Waals surface area contributed by atoms with E-state index in [-0.39, 0.29) is 17.0 Å². The summed E-state index contributed by atoms with van der Waals surface area (Å²) < 4.78 is 60.5. The van der Waals surface area contributed by atoms with Gasteiger partial charge in [-0.15, -0.1) is 0 Å². The van der Waals surface area contributed by atoms with Crippen molar-refractivity contribution in [3.63, 3.8) is 0 Å². The van der Waals surface area contributed by atoms with Crippen molar-refractivity contribution in [2.45, 2.75) is 103 Å². The molecular weight excluding hydrogens is 544 g/mol. The summed E-state index contributed by atoms with van der Waals surface area (Å²) in [6.07, 6.45) is 18.3. The van der Waals surface area contributed by atoms with E-state index in [0.717, 1.165) is 43.4 Å². The first-order valence-electron chi connectivity index (χ1n) is 16.6. The lowest BCUT2D eigenvalue weighted by molar-refractivity contribution is 0.155. The predicted octanol–water partition coefficient (Wildman–Crippen LogP) is 12.4. The molecule has 2 aliphatic carbocycles. The number of halogens is 4. The first-order chi connectivity index (χ1) is 20.9. The normalized spacial score (nSPS) is 22.7. The fourth-order valence-corrected chi connectivity index (χ4v) is 7.69. The van der Waals surface area contributed by atoms with E-state index in [1.807, 2.05) is 19.1 Å². The van der Waals surface area contributed by atoms with Crippen molar-refractivity contribution in [1.29, 1.82) is 0 Å². The molecule has 0 saturated heterocycles. The van der Waals surface area contributed by atoms with Gasteiger partial charge < -0.3 is 0 Å². The molecule has 3 aromatic rings. The minimum absolute atomic E-state index is 0.0573.